The maximum absolute atomic E-state index is 13.3. The Morgan fingerprint density at radius 3 is 2.74 bits per heavy atom. The van der Waals surface area contributed by atoms with Crippen molar-refractivity contribution in [3.63, 3.8) is 0 Å². The second-order valence-corrected chi connectivity index (χ2v) is 8.29. The lowest BCUT2D eigenvalue weighted by molar-refractivity contribution is -0.150. The van der Waals surface area contributed by atoms with Crippen LogP contribution in [0.3, 0.4) is 0 Å². The summed E-state index contributed by atoms with van der Waals surface area (Å²) in [5, 5.41) is 0. The molecule has 0 aliphatic carbocycles. The molecule has 0 bridgehead atoms. The molecule has 3 saturated heterocycles. The topological polar surface area (TPSA) is 42.0 Å². The third kappa shape index (κ3) is 4.36. The second-order valence-electron chi connectivity index (χ2n) is 8.29. The van der Waals surface area contributed by atoms with Crippen molar-refractivity contribution in [2.24, 2.45) is 5.41 Å². The quantitative estimate of drug-likeness (QED) is 0.720. The Bertz CT molecular complexity index is 617. The minimum Gasteiger partial charge on any atom is -0.381 e. The van der Waals surface area contributed by atoms with Gasteiger partial charge in [0.25, 0.3) is 0 Å². The van der Waals surface area contributed by atoms with Crippen LogP contribution in [-0.4, -0.2) is 67.7 Å². The Morgan fingerprint density at radius 2 is 1.93 bits per heavy atom. The number of hydrogen-bond donors (Lipinski definition) is 0. The Hall–Kier alpha value is -1.43. The molecular weight excluding hydrogens is 340 g/mol. The molecular formula is C22H32N2O3. The lowest BCUT2D eigenvalue weighted by Gasteiger charge is -2.44. The second kappa shape index (κ2) is 8.72. The predicted molar refractivity (Wildman–Crippen MR) is 104 cm³/mol. The zero-order valence-corrected chi connectivity index (χ0v) is 16.3. The summed E-state index contributed by atoms with van der Waals surface area (Å²) in [6.07, 6.45) is 5.19. The molecule has 27 heavy (non-hydrogen) atoms. The van der Waals surface area contributed by atoms with Crippen molar-refractivity contribution in [3.8, 4) is 0 Å². The Kier molecular flexibility index (Phi) is 6.11. The SMILES string of the molecule is O=C1N(C2CCOCC2)CCCC12CCN(CCOCc1ccccc1)C2. The maximum Gasteiger partial charge on any atom is 0.230 e. The van der Waals surface area contributed by atoms with E-state index in [0.717, 1.165) is 78.1 Å². The van der Waals surface area contributed by atoms with Crippen LogP contribution in [0.5, 0.6) is 0 Å². The monoisotopic (exact) mass is 372 g/mol. The van der Waals surface area contributed by atoms with E-state index in [2.05, 4.69) is 21.9 Å². The molecule has 3 aliphatic heterocycles. The molecule has 1 amide bonds. The molecule has 1 aromatic carbocycles. The van der Waals surface area contributed by atoms with Crippen LogP contribution < -0.4 is 0 Å². The van der Waals surface area contributed by atoms with E-state index in [-0.39, 0.29) is 5.41 Å². The van der Waals surface area contributed by atoms with Gasteiger partial charge in [0.15, 0.2) is 0 Å². The van der Waals surface area contributed by atoms with Gasteiger partial charge in [0.2, 0.25) is 5.91 Å². The first kappa shape index (κ1) is 18.9. The maximum atomic E-state index is 13.3. The standard InChI is InChI=1S/C22H32N2O3/c25-21-22(9-4-11-24(21)20-7-14-26-15-8-20)10-12-23(18-22)13-16-27-17-19-5-2-1-3-6-19/h1-3,5-6,20H,4,7-18H2. The van der Waals surface area contributed by atoms with Gasteiger partial charge in [0.1, 0.15) is 0 Å². The van der Waals surface area contributed by atoms with Gasteiger partial charge in [-0.25, -0.2) is 0 Å². The Morgan fingerprint density at radius 1 is 1.11 bits per heavy atom. The molecule has 0 saturated carbocycles. The summed E-state index contributed by atoms with van der Waals surface area (Å²) in [6.45, 7) is 6.75. The number of hydrogen-bond acceptors (Lipinski definition) is 4. The van der Waals surface area contributed by atoms with E-state index >= 15 is 0 Å². The van der Waals surface area contributed by atoms with Gasteiger partial charge in [-0.3, -0.25) is 9.69 Å². The van der Waals surface area contributed by atoms with Crippen LogP contribution in [0.2, 0.25) is 0 Å². The smallest absolute Gasteiger partial charge is 0.230 e. The van der Waals surface area contributed by atoms with E-state index in [9.17, 15) is 4.79 Å². The summed E-state index contributed by atoms with van der Waals surface area (Å²) in [5.41, 5.74) is 1.07. The predicted octanol–water partition coefficient (Wildman–Crippen LogP) is 2.70. The normalized spacial score (nSPS) is 27.6. The van der Waals surface area contributed by atoms with E-state index in [1.54, 1.807) is 0 Å². The van der Waals surface area contributed by atoms with Gasteiger partial charge in [-0.05, 0) is 44.2 Å². The molecule has 3 fully saturated rings. The van der Waals surface area contributed by atoms with Gasteiger partial charge in [-0.15, -0.1) is 0 Å². The zero-order valence-electron chi connectivity index (χ0n) is 16.3. The largest absolute Gasteiger partial charge is 0.381 e. The van der Waals surface area contributed by atoms with Crippen LogP contribution in [-0.2, 0) is 20.9 Å². The molecule has 4 rings (SSSR count). The van der Waals surface area contributed by atoms with E-state index < -0.39 is 0 Å². The first-order valence-corrected chi connectivity index (χ1v) is 10.5. The van der Waals surface area contributed by atoms with Gasteiger partial charge in [-0.1, -0.05) is 30.3 Å². The number of ether oxygens (including phenoxy) is 2. The van der Waals surface area contributed by atoms with Crippen LogP contribution in [0.25, 0.3) is 0 Å². The van der Waals surface area contributed by atoms with Crippen molar-refractivity contribution < 1.29 is 14.3 Å². The van der Waals surface area contributed by atoms with E-state index in [4.69, 9.17) is 9.47 Å². The first-order chi connectivity index (χ1) is 13.3. The fourth-order valence-corrected chi connectivity index (χ4v) is 4.93. The molecule has 5 heteroatoms. The highest BCUT2D eigenvalue weighted by Gasteiger charge is 2.49. The van der Waals surface area contributed by atoms with Crippen molar-refractivity contribution in [1.82, 2.24) is 9.80 Å². The Labute approximate surface area is 162 Å². The van der Waals surface area contributed by atoms with Crippen molar-refractivity contribution in [3.05, 3.63) is 35.9 Å². The fourth-order valence-electron chi connectivity index (χ4n) is 4.93. The molecule has 3 heterocycles. The molecule has 0 aromatic heterocycles. The zero-order chi connectivity index (χ0) is 18.5. The van der Waals surface area contributed by atoms with Crippen LogP contribution in [0, 0.1) is 5.41 Å². The minimum absolute atomic E-state index is 0.143. The summed E-state index contributed by atoms with van der Waals surface area (Å²) in [6, 6.07) is 10.7. The number of nitrogens with zero attached hydrogens (tertiary/aromatic N) is 2. The Balaban J connectivity index is 1.26. The number of amides is 1. The average Bonchev–Trinajstić information content (AvgIpc) is 3.13. The highest BCUT2D eigenvalue weighted by molar-refractivity contribution is 5.84. The molecule has 1 unspecified atom stereocenters. The fraction of sp³-hybridized carbons (Fsp3) is 0.682. The summed E-state index contributed by atoms with van der Waals surface area (Å²) in [7, 11) is 0. The van der Waals surface area contributed by atoms with E-state index in [1.165, 1.54) is 5.56 Å². The third-order valence-corrected chi connectivity index (χ3v) is 6.50. The van der Waals surface area contributed by atoms with Gasteiger partial charge < -0.3 is 14.4 Å². The summed E-state index contributed by atoms with van der Waals surface area (Å²) in [4.78, 5) is 18.0. The van der Waals surface area contributed by atoms with Gasteiger partial charge in [0.05, 0.1) is 18.6 Å². The molecule has 1 aromatic rings. The lowest BCUT2D eigenvalue weighted by Crippen LogP contribution is -2.54. The van der Waals surface area contributed by atoms with Gasteiger partial charge >= 0.3 is 0 Å². The lowest BCUT2D eigenvalue weighted by atomic mass is 9.77. The number of rotatable bonds is 6. The van der Waals surface area contributed by atoms with E-state index in [0.29, 0.717) is 18.6 Å². The molecule has 148 valence electrons. The van der Waals surface area contributed by atoms with Crippen molar-refractivity contribution >= 4 is 5.91 Å². The number of carbonyl (C=O) groups excluding carboxylic acids is 1. The summed E-state index contributed by atoms with van der Waals surface area (Å²) in [5.74, 6) is 0.411. The van der Waals surface area contributed by atoms with Crippen LogP contribution in [0.1, 0.15) is 37.7 Å². The highest BCUT2D eigenvalue weighted by atomic mass is 16.5. The van der Waals surface area contributed by atoms with Crippen LogP contribution >= 0.6 is 0 Å². The molecule has 3 aliphatic rings. The number of piperidine rings is 1. The highest BCUT2D eigenvalue weighted by Crippen LogP contribution is 2.41. The minimum atomic E-state index is -0.143. The third-order valence-electron chi connectivity index (χ3n) is 6.50. The first-order valence-electron chi connectivity index (χ1n) is 10.5. The number of benzene rings is 1. The number of likely N-dealkylation sites (tertiary alicyclic amines) is 2. The van der Waals surface area contributed by atoms with Crippen molar-refractivity contribution in [1.29, 1.82) is 0 Å². The van der Waals surface area contributed by atoms with Gasteiger partial charge in [0, 0.05) is 38.9 Å². The van der Waals surface area contributed by atoms with E-state index in [1.807, 2.05) is 18.2 Å². The molecule has 1 spiro atoms. The average molecular weight is 373 g/mol. The summed E-state index contributed by atoms with van der Waals surface area (Å²) < 4.78 is 11.3. The van der Waals surface area contributed by atoms with Crippen LogP contribution in [0.4, 0.5) is 0 Å². The van der Waals surface area contributed by atoms with Crippen molar-refractivity contribution in [2.75, 3.05) is 46.0 Å². The molecule has 5 nitrogen and oxygen atoms in total. The molecule has 0 radical (unpaired) electrons. The molecule has 0 N–H and O–H groups in total. The summed E-state index contributed by atoms with van der Waals surface area (Å²) >= 11 is 0. The number of carbonyl (C=O) groups is 1. The molecule has 1 atom stereocenters. The van der Waals surface area contributed by atoms with Crippen LogP contribution in [0.15, 0.2) is 30.3 Å². The van der Waals surface area contributed by atoms with Gasteiger partial charge in [-0.2, -0.15) is 0 Å². The van der Waals surface area contributed by atoms with Crippen molar-refractivity contribution in [2.45, 2.75) is 44.8 Å².